The average molecular weight is 531 g/mol. The topological polar surface area (TPSA) is 131 Å². The highest BCUT2D eigenvalue weighted by Gasteiger charge is 2.28. The molecule has 0 N–H and O–H groups in total. The maximum absolute atomic E-state index is 13.5. The highest BCUT2D eigenvalue weighted by Crippen LogP contribution is 2.32. The summed E-state index contributed by atoms with van der Waals surface area (Å²) in [6.45, 7) is 3.55. The summed E-state index contributed by atoms with van der Waals surface area (Å²) in [6.07, 6.45) is 7.20. The van der Waals surface area contributed by atoms with E-state index in [1.54, 1.807) is 26.4 Å². The van der Waals surface area contributed by atoms with E-state index in [2.05, 4.69) is 15.3 Å². The van der Waals surface area contributed by atoms with Gasteiger partial charge in [0, 0.05) is 43.9 Å². The van der Waals surface area contributed by atoms with E-state index in [4.69, 9.17) is 16.3 Å². The lowest BCUT2D eigenvalue weighted by molar-refractivity contribution is 0.0717. The molecule has 0 unspecified atom stereocenters. The largest absolute Gasteiger partial charge is 0.403 e. The number of ether oxygens (including phenoxy) is 1. The van der Waals surface area contributed by atoms with Crippen LogP contribution in [0.1, 0.15) is 43.1 Å². The Morgan fingerprint density at radius 1 is 1.03 bits per heavy atom. The number of esters is 1. The third kappa shape index (κ3) is 4.82. The van der Waals surface area contributed by atoms with Crippen molar-refractivity contribution in [2.45, 2.75) is 25.3 Å². The Morgan fingerprint density at radius 3 is 2.33 bits per heavy atom. The third-order valence-corrected chi connectivity index (χ3v) is 7.09. The number of rotatable bonds is 7. The first kappa shape index (κ1) is 25.3. The summed E-state index contributed by atoms with van der Waals surface area (Å²) in [7, 11) is -0.463. The number of aromatic nitrogens is 6. The number of nitrogens with zero attached hydrogens (tertiary/aromatic N) is 6. The molecule has 0 atom stereocenters. The van der Waals surface area contributed by atoms with E-state index in [1.807, 2.05) is 6.92 Å². The van der Waals surface area contributed by atoms with Crippen molar-refractivity contribution in [2.24, 2.45) is 14.1 Å². The second-order valence-corrected chi connectivity index (χ2v) is 10.8. The van der Waals surface area contributed by atoms with Gasteiger partial charge in [0.2, 0.25) is 11.7 Å². The smallest absolute Gasteiger partial charge is 0.348 e. The van der Waals surface area contributed by atoms with Gasteiger partial charge in [-0.25, -0.2) is 17.9 Å². The summed E-state index contributed by atoms with van der Waals surface area (Å²) in [5, 5.41) is 12.3. The molecule has 0 spiro atoms. The number of halogens is 1. The second kappa shape index (κ2) is 9.36. The van der Waals surface area contributed by atoms with Crippen LogP contribution in [0.3, 0.4) is 0 Å². The maximum atomic E-state index is 13.5. The van der Waals surface area contributed by atoms with E-state index in [0.717, 1.165) is 11.8 Å². The van der Waals surface area contributed by atoms with Gasteiger partial charge in [-0.2, -0.15) is 15.3 Å². The van der Waals surface area contributed by atoms with Gasteiger partial charge in [-0.15, -0.1) is 0 Å². The van der Waals surface area contributed by atoms with Gasteiger partial charge in [-0.1, -0.05) is 11.6 Å². The first-order valence-electron chi connectivity index (χ1n) is 10.7. The van der Waals surface area contributed by atoms with Crippen LogP contribution in [0.15, 0.2) is 41.8 Å². The van der Waals surface area contributed by atoms with Crippen LogP contribution < -0.4 is 4.74 Å². The molecule has 4 rings (SSSR count). The Kier molecular flexibility index (Phi) is 6.58. The molecule has 0 saturated carbocycles. The fourth-order valence-electron chi connectivity index (χ4n) is 3.78. The predicted octanol–water partition coefficient (Wildman–Crippen LogP) is 2.52. The first-order valence-corrected chi connectivity index (χ1v) is 12.9. The van der Waals surface area contributed by atoms with Crippen LogP contribution in [-0.4, -0.2) is 55.8 Å². The minimum absolute atomic E-state index is 0.0118. The number of hydrogen-bond acceptors (Lipinski definition) is 8. The van der Waals surface area contributed by atoms with Gasteiger partial charge in [-0.05, 0) is 31.5 Å². The molecule has 0 amide bonds. The minimum Gasteiger partial charge on any atom is -0.403 e. The van der Waals surface area contributed by atoms with Crippen LogP contribution in [-0.2, 0) is 30.5 Å². The zero-order valence-corrected chi connectivity index (χ0v) is 21.8. The quantitative estimate of drug-likeness (QED) is 0.263. The summed E-state index contributed by atoms with van der Waals surface area (Å²) in [5.74, 6) is -1.37. The number of ketones is 1. The molecule has 0 bridgehead atoms. The van der Waals surface area contributed by atoms with Crippen molar-refractivity contribution in [3.8, 4) is 5.88 Å². The Bertz CT molecular complexity index is 1620. The summed E-state index contributed by atoms with van der Waals surface area (Å²) < 4.78 is 34.7. The number of sulfone groups is 1. The van der Waals surface area contributed by atoms with Gasteiger partial charge in [0.15, 0.2) is 9.84 Å². The molecule has 188 valence electrons. The summed E-state index contributed by atoms with van der Waals surface area (Å²) >= 11 is 6.63. The van der Waals surface area contributed by atoms with Crippen molar-refractivity contribution in [1.29, 1.82) is 0 Å². The van der Waals surface area contributed by atoms with E-state index >= 15 is 0 Å². The predicted molar refractivity (Wildman–Crippen MR) is 130 cm³/mol. The molecule has 4 aromatic rings. The maximum Gasteiger partial charge on any atom is 0.348 e. The Balaban J connectivity index is 1.75. The molecule has 0 fully saturated rings. The van der Waals surface area contributed by atoms with Gasteiger partial charge in [-0.3, -0.25) is 14.2 Å². The fraction of sp³-hybridized carbons (Fsp3) is 0.261. The molecule has 1 aromatic carbocycles. The molecular formula is C23H23ClN6O5S. The SMILES string of the molecule is Cc1cnn(Cc2c(S(C)(=O)=O)ccc(C(=O)c3cnn(C)c3OC(=O)c3cn(C)nc3C)c2Cl)c1. The summed E-state index contributed by atoms with van der Waals surface area (Å²) in [6, 6.07) is 2.67. The van der Waals surface area contributed by atoms with Crippen molar-refractivity contribution >= 4 is 33.2 Å². The zero-order valence-electron chi connectivity index (χ0n) is 20.2. The molecule has 0 saturated heterocycles. The van der Waals surface area contributed by atoms with E-state index in [-0.39, 0.29) is 44.6 Å². The van der Waals surface area contributed by atoms with Crippen molar-refractivity contribution < 1.29 is 22.7 Å². The van der Waals surface area contributed by atoms with Crippen LogP contribution in [0.2, 0.25) is 5.02 Å². The van der Waals surface area contributed by atoms with Crippen molar-refractivity contribution in [2.75, 3.05) is 6.26 Å². The van der Waals surface area contributed by atoms with E-state index in [1.165, 1.54) is 45.6 Å². The van der Waals surface area contributed by atoms with Crippen molar-refractivity contribution in [3.63, 3.8) is 0 Å². The monoisotopic (exact) mass is 530 g/mol. The summed E-state index contributed by atoms with van der Waals surface area (Å²) in [4.78, 5) is 26.3. The van der Waals surface area contributed by atoms with Crippen LogP contribution in [0, 0.1) is 13.8 Å². The molecule has 3 heterocycles. The Labute approximate surface area is 212 Å². The molecule has 0 radical (unpaired) electrons. The van der Waals surface area contributed by atoms with Crippen LogP contribution in [0.5, 0.6) is 5.88 Å². The fourth-order valence-corrected chi connectivity index (χ4v) is 5.08. The molecular weight excluding hydrogens is 508 g/mol. The normalized spacial score (nSPS) is 11.6. The number of carbonyl (C=O) groups is 2. The first-order chi connectivity index (χ1) is 16.9. The Morgan fingerprint density at radius 2 is 1.75 bits per heavy atom. The lowest BCUT2D eigenvalue weighted by Gasteiger charge is -2.14. The van der Waals surface area contributed by atoms with E-state index < -0.39 is 21.6 Å². The van der Waals surface area contributed by atoms with E-state index in [0.29, 0.717) is 5.69 Å². The molecule has 36 heavy (non-hydrogen) atoms. The van der Waals surface area contributed by atoms with Gasteiger partial charge in [0.1, 0.15) is 11.1 Å². The number of aryl methyl sites for hydroxylation is 4. The number of carbonyl (C=O) groups excluding carboxylic acids is 2. The molecule has 0 aliphatic rings. The van der Waals surface area contributed by atoms with Crippen LogP contribution in [0.4, 0.5) is 0 Å². The van der Waals surface area contributed by atoms with Gasteiger partial charge >= 0.3 is 5.97 Å². The minimum atomic E-state index is -3.66. The van der Waals surface area contributed by atoms with Crippen molar-refractivity contribution in [1.82, 2.24) is 29.3 Å². The summed E-state index contributed by atoms with van der Waals surface area (Å²) in [5.41, 5.74) is 1.83. The second-order valence-electron chi connectivity index (χ2n) is 8.40. The van der Waals surface area contributed by atoms with Crippen molar-refractivity contribution in [3.05, 3.63) is 75.5 Å². The highest BCUT2D eigenvalue weighted by molar-refractivity contribution is 7.90. The third-order valence-electron chi connectivity index (χ3n) is 5.48. The number of hydrogen-bond donors (Lipinski definition) is 0. The van der Waals surface area contributed by atoms with Gasteiger partial charge in [0.05, 0.1) is 34.6 Å². The zero-order chi connectivity index (χ0) is 26.4. The lowest BCUT2D eigenvalue weighted by Crippen LogP contribution is -2.15. The molecule has 13 heteroatoms. The lowest BCUT2D eigenvalue weighted by atomic mass is 10.0. The van der Waals surface area contributed by atoms with Crippen LogP contribution >= 0.6 is 11.6 Å². The number of benzene rings is 1. The van der Waals surface area contributed by atoms with Gasteiger partial charge in [0.25, 0.3) is 0 Å². The van der Waals surface area contributed by atoms with Gasteiger partial charge < -0.3 is 4.74 Å². The van der Waals surface area contributed by atoms with Crippen LogP contribution in [0.25, 0.3) is 0 Å². The average Bonchev–Trinajstić information content (AvgIpc) is 3.47. The molecule has 0 aliphatic carbocycles. The molecule has 3 aromatic heterocycles. The molecule has 0 aliphatic heterocycles. The standard InChI is InChI=1S/C23H23ClN6O5S/c1-13-8-26-30(10-13)12-18-19(36(5,33)34)7-6-15(20(18)24)21(31)16-9-25-29(4)22(16)35-23(32)17-11-28(3)27-14(17)2/h6-11H,12H2,1-5H3. The van der Waals surface area contributed by atoms with E-state index in [9.17, 15) is 18.0 Å². The Hall–Kier alpha value is -3.77. The highest BCUT2D eigenvalue weighted by atomic mass is 35.5. The molecule has 11 nitrogen and oxygen atoms in total.